The van der Waals surface area contributed by atoms with E-state index in [-0.39, 0.29) is 17.1 Å². The van der Waals surface area contributed by atoms with Crippen LogP contribution in [0, 0.1) is 0 Å². The Kier molecular flexibility index (Phi) is 5.75. The quantitative estimate of drug-likeness (QED) is 0.775. The largest absolute Gasteiger partial charge is 0.448 e. The lowest BCUT2D eigenvalue weighted by atomic mass is 10.2. The number of aromatic nitrogens is 1. The lowest BCUT2D eigenvalue weighted by molar-refractivity contribution is -0.123. The van der Waals surface area contributed by atoms with Crippen molar-refractivity contribution in [2.24, 2.45) is 0 Å². The van der Waals surface area contributed by atoms with E-state index in [1.54, 1.807) is 0 Å². The van der Waals surface area contributed by atoms with E-state index in [0.29, 0.717) is 5.02 Å². The highest BCUT2D eigenvalue weighted by Gasteiger charge is 2.21. The zero-order valence-corrected chi connectivity index (χ0v) is 13.1. The smallest absolute Gasteiger partial charge is 0.387 e. The first-order chi connectivity index (χ1) is 11.4. The molecule has 6 nitrogen and oxygen atoms in total. The number of alkyl halides is 2. The molecule has 0 aliphatic heterocycles. The number of nitrogens with one attached hydrogen (secondary N) is 2. The number of carbonyl (C=O) groups is 2. The Labute approximate surface area is 140 Å². The predicted octanol–water partition coefficient (Wildman–Crippen LogP) is 3.45. The summed E-state index contributed by atoms with van der Waals surface area (Å²) >= 11 is 5.68. The van der Waals surface area contributed by atoms with Crippen molar-refractivity contribution in [1.82, 2.24) is 4.98 Å². The topological polar surface area (TPSA) is 80.4 Å². The van der Waals surface area contributed by atoms with Gasteiger partial charge in [0.25, 0.3) is 5.91 Å². The van der Waals surface area contributed by atoms with E-state index in [2.05, 4.69) is 15.0 Å². The molecule has 0 aliphatic rings. The van der Waals surface area contributed by atoms with E-state index < -0.39 is 24.6 Å². The lowest BCUT2D eigenvalue weighted by Gasteiger charge is -2.15. The molecule has 1 aromatic carbocycles. The average Bonchev–Trinajstić information content (AvgIpc) is 2.95. The number of anilines is 1. The molecule has 0 saturated carbocycles. The molecule has 2 N–H and O–H groups in total. The van der Waals surface area contributed by atoms with Crippen LogP contribution in [0.2, 0.25) is 5.02 Å². The number of halogens is 3. The Hall–Kier alpha value is -2.61. The number of hydrogen-bond acceptors (Lipinski definition) is 4. The van der Waals surface area contributed by atoms with Crippen molar-refractivity contribution in [3.63, 3.8) is 0 Å². The maximum absolute atomic E-state index is 12.3. The third-order valence-corrected chi connectivity index (χ3v) is 3.10. The third-order valence-electron chi connectivity index (χ3n) is 2.88. The maximum Gasteiger partial charge on any atom is 0.387 e. The molecule has 0 saturated heterocycles. The monoisotopic (exact) mass is 358 g/mol. The molecule has 0 spiro atoms. The molecule has 1 heterocycles. The van der Waals surface area contributed by atoms with E-state index in [9.17, 15) is 18.4 Å². The molecule has 0 bridgehead atoms. The summed E-state index contributed by atoms with van der Waals surface area (Å²) in [6, 6.07) is 7.02. The molecule has 1 atom stereocenters. The van der Waals surface area contributed by atoms with Crippen LogP contribution in [0.25, 0.3) is 0 Å². The fourth-order valence-electron chi connectivity index (χ4n) is 1.77. The summed E-state index contributed by atoms with van der Waals surface area (Å²) in [6.45, 7) is -1.69. The number of H-pyrrole nitrogens is 1. The fraction of sp³-hybridized carbons (Fsp3) is 0.200. The van der Waals surface area contributed by atoms with E-state index in [4.69, 9.17) is 16.3 Å². The van der Waals surface area contributed by atoms with Crippen molar-refractivity contribution in [2.45, 2.75) is 19.6 Å². The number of hydrogen-bond donors (Lipinski definition) is 2. The summed E-state index contributed by atoms with van der Waals surface area (Å²) in [5.74, 6) is -1.68. The first-order valence-electron chi connectivity index (χ1n) is 6.76. The van der Waals surface area contributed by atoms with Crippen LogP contribution in [-0.2, 0) is 9.53 Å². The van der Waals surface area contributed by atoms with E-state index >= 15 is 0 Å². The van der Waals surface area contributed by atoms with Gasteiger partial charge in [0.2, 0.25) is 0 Å². The number of para-hydroxylation sites is 2. The van der Waals surface area contributed by atoms with Crippen molar-refractivity contribution in [1.29, 1.82) is 0 Å². The van der Waals surface area contributed by atoms with E-state index in [0.717, 1.165) is 0 Å². The normalized spacial score (nSPS) is 11.9. The van der Waals surface area contributed by atoms with Gasteiger partial charge in [0, 0.05) is 6.20 Å². The minimum atomic E-state index is -3.03. The molecule has 128 valence electrons. The van der Waals surface area contributed by atoms with Gasteiger partial charge in [-0.3, -0.25) is 4.79 Å². The van der Waals surface area contributed by atoms with Crippen LogP contribution in [0.4, 0.5) is 14.5 Å². The van der Waals surface area contributed by atoms with Crippen LogP contribution in [-0.4, -0.2) is 29.6 Å². The second-order valence-electron chi connectivity index (χ2n) is 4.64. The molecule has 0 aliphatic carbocycles. The number of esters is 1. The lowest BCUT2D eigenvalue weighted by Crippen LogP contribution is -2.30. The molecule has 0 radical (unpaired) electrons. The van der Waals surface area contributed by atoms with Crippen molar-refractivity contribution >= 4 is 29.2 Å². The van der Waals surface area contributed by atoms with Crippen LogP contribution in [0.1, 0.15) is 17.4 Å². The van der Waals surface area contributed by atoms with Gasteiger partial charge in [0.1, 0.15) is 11.4 Å². The van der Waals surface area contributed by atoms with Crippen molar-refractivity contribution in [2.75, 3.05) is 5.32 Å². The third kappa shape index (κ3) is 4.69. The zero-order valence-electron chi connectivity index (χ0n) is 12.4. The standard InChI is InChI=1S/C15H13ClF2N2O4/c1-8(23-14(22)11-6-9(16)7-19-11)13(21)20-10-4-2-3-5-12(10)24-15(17)18/h2-8,15,19H,1H3,(H,20,21). The van der Waals surface area contributed by atoms with Gasteiger partial charge in [-0.25, -0.2) is 4.79 Å². The number of rotatable bonds is 6. The molecule has 2 rings (SSSR count). The second-order valence-corrected chi connectivity index (χ2v) is 5.08. The van der Waals surface area contributed by atoms with Crippen LogP contribution >= 0.6 is 11.6 Å². The van der Waals surface area contributed by atoms with Crippen LogP contribution in [0.3, 0.4) is 0 Å². The van der Waals surface area contributed by atoms with Crippen molar-refractivity contribution < 1.29 is 27.8 Å². The second kappa shape index (κ2) is 7.78. The van der Waals surface area contributed by atoms with Crippen molar-refractivity contribution in [3.8, 4) is 5.75 Å². The van der Waals surface area contributed by atoms with Gasteiger partial charge in [0.15, 0.2) is 6.10 Å². The number of benzene rings is 1. The highest BCUT2D eigenvalue weighted by atomic mass is 35.5. The van der Waals surface area contributed by atoms with Gasteiger partial charge in [0.05, 0.1) is 10.7 Å². The number of amides is 1. The Morgan fingerprint density at radius 2 is 2.00 bits per heavy atom. The molecule has 1 aromatic heterocycles. The minimum Gasteiger partial charge on any atom is -0.448 e. The molecule has 2 aromatic rings. The molecule has 9 heteroatoms. The van der Waals surface area contributed by atoms with Gasteiger partial charge in [-0.05, 0) is 25.1 Å². The summed E-state index contributed by atoms with van der Waals surface area (Å²) in [4.78, 5) is 26.5. The van der Waals surface area contributed by atoms with E-state index in [1.165, 1.54) is 43.5 Å². The maximum atomic E-state index is 12.3. The van der Waals surface area contributed by atoms with Crippen LogP contribution in [0.5, 0.6) is 5.75 Å². The molecular weight excluding hydrogens is 346 g/mol. The first kappa shape index (κ1) is 17.7. The minimum absolute atomic E-state index is 0.0358. The Bertz CT molecular complexity index is 736. The Morgan fingerprint density at radius 3 is 2.62 bits per heavy atom. The molecule has 1 amide bonds. The Balaban J connectivity index is 2.00. The predicted molar refractivity (Wildman–Crippen MR) is 82.4 cm³/mol. The average molecular weight is 359 g/mol. The van der Waals surface area contributed by atoms with Crippen molar-refractivity contribution in [3.05, 3.63) is 47.2 Å². The van der Waals surface area contributed by atoms with Gasteiger partial charge < -0.3 is 19.8 Å². The van der Waals surface area contributed by atoms with Crippen LogP contribution < -0.4 is 10.1 Å². The fourth-order valence-corrected chi connectivity index (χ4v) is 1.93. The SMILES string of the molecule is CC(OC(=O)c1cc(Cl)c[nH]1)C(=O)Nc1ccccc1OC(F)F. The summed E-state index contributed by atoms with van der Waals surface area (Å²) < 4.78 is 34.0. The van der Waals surface area contributed by atoms with Gasteiger partial charge in [-0.1, -0.05) is 23.7 Å². The summed E-state index contributed by atoms with van der Waals surface area (Å²) in [5.41, 5.74) is 0.120. The summed E-state index contributed by atoms with van der Waals surface area (Å²) in [7, 11) is 0. The highest BCUT2D eigenvalue weighted by molar-refractivity contribution is 6.30. The Morgan fingerprint density at radius 1 is 1.29 bits per heavy atom. The van der Waals surface area contributed by atoms with Gasteiger partial charge >= 0.3 is 12.6 Å². The highest BCUT2D eigenvalue weighted by Crippen LogP contribution is 2.25. The van der Waals surface area contributed by atoms with Crippen LogP contribution in [0.15, 0.2) is 36.5 Å². The summed E-state index contributed by atoms with van der Waals surface area (Å²) in [5, 5.41) is 2.68. The number of carbonyl (C=O) groups excluding carboxylic acids is 2. The molecule has 0 fully saturated rings. The zero-order chi connectivity index (χ0) is 17.7. The number of ether oxygens (including phenoxy) is 2. The molecule has 24 heavy (non-hydrogen) atoms. The molecule has 1 unspecified atom stereocenters. The number of aromatic amines is 1. The van der Waals surface area contributed by atoms with E-state index in [1.807, 2.05) is 0 Å². The first-order valence-corrected chi connectivity index (χ1v) is 7.14. The molecular formula is C15H13ClF2N2O4. The van der Waals surface area contributed by atoms with Gasteiger partial charge in [-0.2, -0.15) is 8.78 Å². The van der Waals surface area contributed by atoms with Gasteiger partial charge in [-0.15, -0.1) is 0 Å². The summed E-state index contributed by atoms with van der Waals surface area (Å²) in [6.07, 6.45) is 0.222.